The molecule has 1 unspecified atom stereocenters. The molecule has 0 radical (unpaired) electrons. The highest BCUT2D eigenvalue weighted by Gasteiger charge is 2.26. The predicted octanol–water partition coefficient (Wildman–Crippen LogP) is 4.58. The van der Waals surface area contributed by atoms with E-state index in [0.29, 0.717) is 6.61 Å². The minimum Gasteiger partial charge on any atom is -0.383 e. The molecule has 1 aliphatic rings. The third-order valence-electron chi connectivity index (χ3n) is 6.01. The van der Waals surface area contributed by atoms with Gasteiger partial charge in [0.1, 0.15) is 0 Å². The van der Waals surface area contributed by atoms with Crippen LogP contribution in [0.25, 0.3) is 21.8 Å². The summed E-state index contributed by atoms with van der Waals surface area (Å²) in [5.41, 5.74) is 5.44. The lowest BCUT2D eigenvalue weighted by atomic mass is 9.91. The monoisotopic (exact) mass is 387 g/mol. The summed E-state index contributed by atoms with van der Waals surface area (Å²) >= 11 is 0. The molecule has 5 rings (SSSR count). The second kappa shape index (κ2) is 7.41. The molecule has 0 aliphatic heterocycles. The molecular weight excluding hydrogens is 362 g/mol. The summed E-state index contributed by atoms with van der Waals surface area (Å²) in [5.74, 6) is -0.0170. The molecule has 2 heterocycles. The number of carbonyl (C=O) groups excluding carboxylic acids is 1. The van der Waals surface area contributed by atoms with E-state index in [2.05, 4.69) is 39.1 Å². The van der Waals surface area contributed by atoms with Gasteiger partial charge in [0.05, 0.1) is 12.6 Å². The van der Waals surface area contributed by atoms with E-state index in [1.165, 1.54) is 10.9 Å². The van der Waals surface area contributed by atoms with Crippen LogP contribution < -0.4 is 5.32 Å². The van der Waals surface area contributed by atoms with Crippen LogP contribution in [-0.4, -0.2) is 29.2 Å². The third kappa shape index (κ3) is 3.12. The first-order valence-corrected chi connectivity index (χ1v) is 10.2. The fourth-order valence-corrected chi connectivity index (χ4v) is 4.60. The van der Waals surface area contributed by atoms with Gasteiger partial charge in [-0.1, -0.05) is 24.3 Å². The van der Waals surface area contributed by atoms with Crippen LogP contribution in [0.3, 0.4) is 0 Å². The molecule has 4 aromatic rings. The Balaban J connectivity index is 1.45. The van der Waals surface area contributed by atoms with Gasteiger partial charge in [-0.25, -0.2) is 0 Å². The van der Waals surface area contributed by atoms with Gasteiger partial charge in [-0.05, 0) is 49.1 Å². The lowest BCUT2D eigenvalue weighted by Gasteiger charge is -2.24. The van der Waals surface area contributed by atoms with Crippen molar-refractivity contribution in [3.63, 3.8) is 0 Å². The van der Waals surface area contributed by atoms with E-state index in [0.717, 1.165) is 53.5 Å². The second-order valence-electron chi connectivity index (χ2n) is 7.72. The fourth-order valence-electron chi connectivity index (χ4n) is 4.60. The number of H-pyrrole nitrogens is 1. The van der Waals surface area contributed by atoms with Gasteiger partial charge in [0.15, 0.2) is 0 Å². The fraction of sp³-hybridized carbons (Fsp3) is 0.292. The summed E-state index contributed by atoms with van der Waals surface area (Å²) in [6.45, 7) is 1.41. The van der Waals surface area contributed by atoms with Gasteiger partial charge in [-0.15, -0.1) is 0 Å². The smallest absolute Gasteiger partial charge is 0.252 e. The minimum absolute atomic E-state index is 0.0170. The summed E-state index contributed by atoms with van der Waals surface area (Å²) in [4.78, 5) is 16.8. The number of aromatic amines is 1. The number of para-hydroxylation sites is 1. The quantitative estimate of drug-likeness (QED) is 0.527. The van der Waals surface area contributed by atoms with Crippen molar-refractivity contribution in [3.05, 3.63) is 71.5 Å². The first-order valence-electron chi connectivity index (χ1n) is 10.2. The van der Waals surface area contributed by atoms with Crippen molar-refractivity contribution >= 4 is 27.7 Å². The standard InChI is InChI=1S/C24H25N3O2/c1-29-15-14-27-13-12-17-19(8-5-11-22(17)27)24(28)26-21-10-4-7-18-16-6-2-3-9-20(16)25-23(18)21/h2-3,5-6,8-9,11-13,21,25H,4,7,10,14-15H2,1H3,(H,26,28). The summed E-state index contributed by atoms with van der Waals surface area (Å²) in [6.07, 6.45) is 5.12. The highest BCUT2D eigenvalue weighted by atomic mass is 16.5. The molecule has 0 fully saturated rings. The molecule has 0 bridgehead atoms. The number of carbonyl (C=O) groups is 1. The van der Waals surface area contributed by atoms with Gasteiger partial charge in [-0.3, -0.25) is 4.79 Å². The Kier molecular flexibility index (Phi) is 4.60. The SMILES string of the molecule is COCCn1ccc2c(C(=O)NC3CCCc4c3[nH]c3ccccc43)cccc21. The number of hydrogen-bond donors (Lipinski definition) is 2. The van der Waals surface area contributed by atoms with Gasteiger partial charge in [0.2, 0.25) is 0 Å². The van der Waals surface area contributed by atoms with Crippen LogP contribution in [0.15, 0.2) is 54.7 Å². The van der Waals surface area contributed by atoms with Crippen LogP contribution in [0.4, 0.5) is 0 Å². The van der Waals surface area contributed by atoms with Crippen molar-refractivity contribution in [2.45, 2.75) is 31.8 Å². The number of rotatable bonds is 5. The molecule has 0 saturated carbocycles. The molecule has 0 spiro atoms. The van der Waals surface area contributed by atoms with Crippen molar-refractivity contribution < 1.29 is 9.53 Å². The molecular formula is C24H25N3O2. The predicted molar refractivity (Wildman–Crippen MR) is 115 cm³/mol. The molecule has 5 nitrogen and oxygen atoms in total. The third-order valence-corrected chi connectivity index (χ3v) is 6.01. The minimum atomic E-state index is -0.0170. The van der Waals surface area contributed by atoms with Crippen LogP contribution in [0, 0.1) is 0 Å². The number of fused-ring (bicyclic) bond motifs is 4. The molecule has 1 atom stereocenters. The second-order valence-corrected chi connectivity index (χ2v) is 7.72. The molecule has 1 amide bonds. The van der Waals surface area contributed by atoms with E-state index in [1.807, 2.05) is 30.5 Å². The molecule has 0 saturated heterocycles. The first-order chi connectivity index (χ1) is 14.3. The largest absolute Gasteiger partial charge is 0.383 e. The number of hydrogen-bond acceptors (Lipinski definition) is 2. The Labute approximate surface area is 169 Å². The molecule has 29 heavy (non-hydrogen) atoms. The number of amides is 1. The van der Waals surface area contributed by atoms with Crippen LogP contribution in [0.5, 0.6) is 0 Å². The average Bonchev–Trinajstić information content (AvgIpc) is 3.34. The maximum Gasteiger partial charge on any atom is 0.252 e. The van der Waals surface area contributed by atoms with Crippen molar-refractivity contribution in [1.82, 2.24) is 14.9 Å². The van der Waals surface area contributed by atoms with E-state index in [9.17, 15) is 4.79 Å². The molecule has 148 valence electrons. The van der Waals surface area contributed by atoms with Crippen LogP contribution in [0.1, 0.15) is 40.5 Å². The summed E-state index contributed by atoms with van der Waals surface area (Å²) in [5, 5.41) is 5.55. The Morgan fingerprint density at radius 2 is 2.07 bits per heavy atom. The normalized spacial score (nSPS) is 16.2. The average molecular weight is 387 g/mol. The summed E-state index contributed by atoms with van der Waals surface area (Å²) in [7, 11) is 1.70. The van der Waals surface area contributed by atoms with E-state index >= 15 is 0 Å². The van der Waals surface area contributed by atoms with Crippen LogP contribution in [-0.2, 0) is 17.7 Å². The van der Waals surface area contributed by atoms with Gasteiger partial charge >= 0.3 is 0 Å². The van der Waals surface area contributed by atoms with Crippen LogP contribution >= 0.6 is 0 Å². The zero-order valence-electron chi connectivity index (χ0n) is 16.6. The van der Waals surface area contributed by atoms with Crippen molar-refractivity contribution in [2.24, 2.45) is 0 Å². The van der Waals surface area contributed by atoms with E-state index in [4.69, 9.17) is 4.74 Å². The number of aryl methyl sites for hydroxylation is 1. The molecule has 2 aromatic heterocycles. The van der Waals surface area contributed by atoms with Crippen molar-refractivity contribution in [1.29, 1.82) is 0 Å². The first kappa shape index (κ1) is 18.0. The Hall–Kier alpha value is -3.05. The molecule has 2 N–H and O–H groups in total. The number of benzene rings is 2. The summed E-state index contributed by atoms with van der Waals surface area (Å²) < 4.78 is 7.33. The lowest BCUT2D eigenvalue weighted by molar-refractivity contribution is 0.0933. The van der Waals surface area contributed by atoms with Gasteiger partial charge in [0, 0.05) is 52.9 Å². The topological polar surface area (TPSA) is 59.0 Å². The number of ether oxygens (including phenoxy) is 1. The number of nitrogens with zero attached hydrogens (tertiary/aromatic N) is 1. The summed E-state index contributed by atoms with van der Waals surface area (Å²) in [6, 6.07) is 16.4. The highest BCUT2D eigenvalue weighted by Crippen LogP contribution is 2.35. The number of methoxy groups -OCH3 is 1. The molecule has 1 aliphatic carbocycles. The number of nitrogens with one attached hydrogen (secondary N) is 2. The van der Waals surface area contributed by atoms with Gasteiger partial charge < -0.3 is 19.6 Å². The van der Waals surface area contributed by atoms with Gasteiger partial charge in [-0.2, -0.15) is 0 Å². The molecule has 5 heteroatoms. The zero-order chi connectivity index (χ0) is 19.8. The lowest BCUT2D eigenvalue weighted by Crippen LogP contribution is -2.31. The maximum atomic E-state index is 13.2. The van der Waals surface area contributed by atoms with Gasteiger partial charge in [0.25, 0.3) is 5.91 Å². The molecule has 2 aromatic carbocycles. The van der Waals surface area contributed by atoms with E-state index in [1.54, 1.807) is 7.11 Å². The van der Waals surface area contributed by atoms with Crippen molar-refractivity contribution in [3.8, 4) is 0 Å². The van der Waals surface area contributed by atoms with E-state index < -0.39 is 0 Å². The van der Waals surface area contributed by atoms with Crippen molar-refractivity contribution in [2.75, 3.05) is 13.7 Å². The Morgan fingerprint density at radius 1 is 1.17 bits per heavy atom. The Morgan fingerprint density at radius 3 is 2.97 bits per heavy atom. The number of aromatic nitrogens is 2. The van der Waals surface area contributed by atoms with E-state index in [-0.39, 0.29) is 11.9 Å². The maximum absolute atomic E-state index is 13.2. The van der Waals surface area contributed by atoms with Crippen LogP contribution in [0.2, 0.25) is 0 Å². The Bertz CT molecular complexity index is 1190. The highest BCUT2D eigenvalue weighted by molar-refractivity contribution is 6.06. The zero-order valence-corrected chi connectivity index (χ0v) is 16.6.